The van der Waals surface area contributed by atoms with Crippen LogP contribution >= 0.6 is 11.8 Å². The van der Waals surface area contributed by atoms with Gasteiger partial charge in [0.05, 0.1) is 6.54 Å². The van der Waals surface area contributed by atoms with Crippen LogP contribution in [0.3, 0.4) is 0 Å². The van der Waals surface area contributed by atoms with Crippen LogP contribution in [0.15, 0.2) is 47.9 Å². The fourth-order valence-electron chi connectivity index (χ4n) is 1.23. The molecule has 0 heterocycles. The fraction of sp³-hybridized carbons (Fsp3) is 0.308. The zero-order chi connectivity index (χ0) is 12.3. The Morgan fingerprint density at radius 2 is 2.12 bits per heavy atom. The van der Waals surface area contributed by atoms with E-state index in [-0.39, 0.29) is 5.91 Å². The second-order valence-electron chi connectivity index (χ2n) is 3.43. The zero-order valence-electron chi connectivity index (χ0n) is 9.82. The van der Waals surface area contributed by atoms with E-state index in [4.69, 9.17) is 0 Å². The number of hydrogen-bond acceptors (Lipinski definition) is 3. The predicted octanol–water partition coefficient (Wildman–Crippen LogP) is 1.67. The van der Waals surface area contributed by atoms with Gasteiger partial charge in [-0.05, 0) is 12.1 Å². The van der Waals surface area contributed by atoms with Crippen LogP contribution in [0.5, 0.6) is 0 Å². The third kappa shape index (κ3) is 6.81. The molecule has 0 unspecified atom stereocenters. The number of thioether (sulfide) groups is 1. The smallest absolute Gasteiger partial charge is 0.233 e. The molecular weight excluding hydrogens is 232 g/mol. The largest absolute Gasteiger partial charge is 0.354 e. The van der Waals surface area contributed by atoms with Gasteiger partial charge in [0.2, 0.25) is 5.91 Å². The number of carbonyl (C=O) groups excluding carboxylic acids is 1. The lowest BCUT2D eigenvalue weighted by atomic mass is 10.4. The third-order valence-corrected chi connectivity index (χ3v) is 3.02. The van der Waals surface area contributed by atoms with Crippen molar-refractivity contribution in [3.63, 3.8) is 0 Å². The van der Waals surface area contributed by atoms with E-state index in [2.05, 4.69) is 29.3 Å². The van der Waals surface area contributed by atoms with Crippen molar-refractivity contribution in [2.45, 2.75) is 4.90 Å². The van der Waals surface area contributed by atoms with Crippen LogP contribution in [-0.2, 0) is 4.79 Å². The second kappa shape index (κ2) is 8.84. The Morgan fingerprint density at radius 3 is 2.82 bits per heavy atom. The van der Waals surface area contributed by atoms with Gasteiger partial charge in [0.15, 0.2) is 0 Å². The van der Waals surface area contributed by atoms with Crippen molar-refractivity contribution >= 4 is 17.7 Å². The summed E-state index contributed by atoms with van der Waals surface area (Å²) in [6.45, 7) is 5.27. The number of nitrogens with one attached hydrogen (secondary N) is 2. The van der Waals surface area contributed by atoms with Crippen LogP contribution in [-0.4, -0.2) is 31.3 Å². The monoisotopic (exact) mass is 250 g/mol. The second-order valence-corrected chi connectivity index (χ2v) is 4.60. The lowest BCUT2D eigenvalue weighted by Gasteiger charge is -2.05. The molecule has 1 aromatic rings. The maximum atomic E-state index is 11.3. The Bertz CT molecular complexity index is 341. The summed E-state index contributed by atoms with van der Waals surface area (Å²) in [6.07, 6.45) is 1.73. The number of amides is 1. The predicted molar refractivity (Wildman–Crippen MR) is 73.2 cm³/mol. The van der Waals surface area contributed by atoms with Crippen LogP contribution < -0.4 is 10.6 Å². The van der Waals surface area contributed by atoms with Crippen molar-refractivity contribution in [3.05, 3.63) is 43.0 Å². The summed E-state index contributed by atoms with van der Waals surface area (Å²) >= 11 is 1.74. The van der Waals surface area contributed by atoms with Crippen molar-refractivity contribution in [3.8, 4) is 0 Å². The summed E-state index contributed by atoms with van der Waals surface area (Å²) in [7, 11) is 0. The summed E-state index contributed by atoms with van der Waals surface area (Å²) in [5.41, 5.74) is 0. The first-order valence-electron chi connectivity index (χ1n) is 5.59. The fourth-order valence-corrected chi connectivity index (χ4v) is 2.02. The molecule has 0 fully saturated rings. The summed E-state index contributed by atoms with van der Waals surface area (Å²) in [4.78, 5) is 12.5. The lowest BCUT2D eigenvalue weighted by molar-refractivity contribution is -0.120. The van der Waals surface area contributed by atoms with Crippen molar-refractivity contribution in [2.75, 3.05) is 25.4 Å². The molecule has 0 aliphatic carbocycles. The van der Waals surface area contributed by atoms with Crippen LogP contribution in [0.25, 0.3) is 0 Å². The zero-order valence-corrected chi connectivity index (χ0v) is 10.6. The third-order valence-electron chi connectivity index (χ3n) is 2.01. The quantitative estimate of drug-likeness (QED) is 0.419. The Hall–Kier alpha value is -1.26. The van der Waals surface area contributed by atoms with Gasteiger partial charge in [-0.2, -0.15) is 0 Å². The van der Waals surface area contributed by atoms with E-state index in [9.17, 15) is 4.79 Å². The first-order valence-corrected chi connectivity index (χ1v) is 6.57. The van der Waals surface area contributed by atoms with Gasteiger partial charge in [-0.15, -0.1) is 18.3 Å². The van der Waals surface area contributed by atoms with Gasteiger partial charge < -0.3 is 10.6 Å². The molecule has 4 heteroatoms. The normalized spacial score (nSPS) is 9.88. The number of hydrogen-bond donors (Lipinski definition) is 2. The van der Waals surface area contributed by atoms with Crippen molar-refractivity contribution < 1.29 is 4.79 Å². The van der Waals surface area contributed by atoms with Gasteiger partial charge in [-0.25, -0.2) is 0 Å². The molecule has 2 N–H and O–H groups in total. The molecule has 1 amide bonds. The minimum atomic E-state index is 0.0283. The van der Waals surface area contributed by atoms with Crippen LogP contribution in [0.1, 0.15) is 0 Å². The average molecular weight is 250 g/mol. The summed E-state index contributed by atoms with van der Waals surface area (Å²) < 4.78 is 0. The Kier molecular flexibility index (Phi) is 7.18. The van der Waals surface area contributed by atoms with E-state index in [0.29, 0.717) is 19.6 Å². The molecule has 92 valence electrons. The minimum absolute atomic E-state index is 0.0283. The van der Waals surface area contributed by atoms with Crippen LogP contribution in [0.2, 0.25) is 0 Å². The summed E-state index contributed by atoms with van der Waals surface area (Å²) in [5, 5.41) is 5.81. The molecule has 0 spiro atoms. The maximum Gasteiger partial charge on any atom is 0.233 e. The van der Waals surface area contributed by atoms with Crippen molar-refractivity contribution in [1.29, 1.82) is 0 Å². The number of carbonyl (C=O) groups is 1. The highest BCUT2D eigenvalue weighted by Crippen LogP contribution is 2.15. The lowest BCUT2D eigenvalue weighted by Crippen LogP contribution is -2.35. The number of rotatable bonds is 8. The highest BCUT2D eigenvalue weighted by Gasteiger charge is 1.98. The molecular formula is C13H18N2OS. The average Bonchev–Trinajstić information content (AvgIpc) is 2.36. The molecule has 0 saturated carbocycles. The Morgan fingerprint density at radius 1 is 1.35 bits per heavy atom. The molecule has 0 saturated heterocycles. The highest BCUT2D eigenvalue weighted by molar-refractivity contribution is 7.99. The van der Waals surface area contributed by atoms with Gasteiger partial charge in [0.25, 0.3) is 0 Å². The van der Waals surface area contributed by atoms with E-state index < -0.39 is 0 Å². The van der Waals surface area contributed by atoms with Gasteiger partial charge in [-0.3, -0.25) is 4.79 Å². The van der Waals surface area contributed by atoms with Gasteiger partial charge in [0.1, 0.15) is 0 Å². The molecule has 1 aromatic carbocycles. The van der Waals surface area contributed by atoms with E-state index in [1.807, 2.05) is 18.2 Å². The molecule has 0 radical (unpaired) electrons. The van der Waals surface area contributed by atoms with E-state index in [0.717, 1.165) is 5.75 Å². The van der Waals surface area contributed by atoms with Gasteiger partial charge >= 0.3 is 0 Å². The van der Waals surface area contributed by atoms with E-state index in [1.165, 1.54) is 4.90 Å². The molecule has 3 nitrogen and oxygen atoms in total. The molecule has 1 rings (SSSR count). The van der Waals surface area contributed by atoms with Crippen LogP contribution in [0.4, 0.5) is 0 Å². The molecule has 0 atom stereocenters. The van der Waals surface area contributed by atoms with Gasteiger partial charge in [0, 0.05) is 23.7 Å². The Balaban J connectivity index is 2.04. The number of benzene rings is 1. The molecule has 0 aliphatic rings. The van der Waals surface area contributed by atoms with Crippen LogP contribution in [0, 0.1) is 0 Å². The van der Waals surface area contributed by atoms with Crippen molar-refractivity contribution in [1.82, 2.24) is 10.6 Å². The van der Waals surface area contributed by atoms with Crippen molar-refractivity contribution in [2.24, 2.45) is 0 Å². The van der Waals surface area contributed by atoms with Gasteiger partial charge in [-0.1, -0.05) is 24.3 Å². The molecule has 0 aromatic heterocycles. The first kappa shape index (κ1) is 13.8. The molecule has 0 aliphatic heterocycles. The van der Waals surface area contributed by atoms with E-state index >= 15 is 0 Å². The first-order chi connectivity index (χ1) is 8.33. The maximum absolute atomic E-state index is 11.3. The SMILES string of the molecule is C=CCNCC(=O)NCCSc1ccccc1. The van der Waals surface area contributed by atoms with E-state index in [1.54, 1.807) is 17.8 Å². The molecule has 17 heavy (non-hydrogen) atoms. The standard InChI is InChI=1S/C13H18N2OS/c1-2-8-14-11-13(16)15-9-10-17-12-6-4-3-5-7-12/h2-7,14H,1,8-11H2,(H,15,16). The molecule has 0 bridgehead atoms. The highest BCUT2D eigenvalue weighted by atomic mass is 32.2. The minimum Gasteiger partial charge on any atom is -0.354 e. The summed E-state index contributed by atoms with van der Waals surface area (Å²) in [6, 6.07) is 10.2. The topological polar surface area (TPSA) is 41.1 Å². The Labute approximate surface area is 107 Å². The summed E-state index contributed by atoms with van der Waals surface area (Å²) in [5.74, 6) is 0.914.